The Morgan fingerprint density at radius 1 is 1.47 bits per heavy atom. The van der Waals surface area contributed by atoms with Gasteiger partial charge in [-0.25, -0.2) is 4.39 Å². The van der Waals surface area contributed by atoms with Crippen LogP contribution in [0.4, 0.5) is 4.39 Å². The third-order valence-corrected chi connectivity index (χ3v) is 2.85. The molecule has 1 atom stereocenters. The summed E-state index contributed by atoms with van der Waals surface area (Å²) in [7, 11) is 1.85. The van der Waals surface area contributed by atoms with Gasteiger partial charge < -0.3 is 9.84 Å². The van der Waals surface area contributed by atoms with Crippen molar-refractivity contribution in [1.82, 2.24) is 15.5 Å². The maximum Gasteiger partial charge on any atom is 0.260 e. The molecule has 1 aromatic heterocycles. The van der Waals surface area contributed by atoms with E-state index in [1.807, 2.05) is 14.0 Å². The zero-order valence-electron chi connectivity index (χ0n) is 10.5. The molecule has 0 aliphatic heterocycles. The first-order valence-corrected chi connectivity index (χ1v) is 5.93. The van der Waals surface area contributed by atoms with E-state index in [0.29, 0.717) is 17.3 Å². The molecule has 19 heavy (non-hydrogen) atoms. The van der Waals surface area contributed by atoms with Gasteiger partial charge in [-0.15, -0.1) is 12.4 Å². The highest BCUT2D eigenvalue weighted by Crippen LogP contribution is 2.23. The summed E-state index contributed by atoms with van der Waals surface area (Å²) in [4.78, 5) is 4.16. The predicted octanol–water partition coefficient (Wildman–Crippen LogP) is 3.10. The normalized spacial score (nSPS) is 12.0. The van der Waals surface area contributed by atoms with Crippen LogP contribution in [0.25, 0.3) is 11.5 Å². The molecule has 0 amide bonds. The van der Waals surface area contributed by atoms with E-state index in [4.69, 9.17) is 16.1 Å². The van der Waals surface area contributed by atoms with Gasteiger partial charge in [-0.05, 0) is 32.2 Å². The predicted molar refractivity (Wildman–Crippen MR) is 74.2 cm³/mol. The highest BCUT2D eigenvalue weighted by atomic mass is 35.5. The molecule has 1 aromatic carbocycles. The molecule has 1 N–H and O–H groups in total. The molecule has 1 heterocycles. The number of hydrogen-bond donors (Lipinski definition) is 1. The first-order valence-electron chi connectivity index (χ1n) is 5.55. The molecule has 0 spiro atoms. The molecule has 0 aliphatic rings. The molecule has 7 heteroatoms. The number of hydrogen-bond acceptors (Lipinski definition) is 4. The Labute approximate surface area is 121 Å². The lowest BCUT2D eigenvalue weighted by Gasteiger charge is -2.04. The van der Waals surface area contributed by atoms with Crippen LogP contribution in [0.15, 0.2) is 22.7 Å². The third kappa shape index (κ3) is 3.89. The summed E-state index contributed by atoms with van der Waals surface area (Å²) in [5.74, 6) is 0.239. The first kappa shape index (κ1) is 15.9. The van der Waals surface area contributed by atoms with Crippen molar-refractivity contribution in [3.63, 3.8) is 0 Å². The maximum absolute atomic E-state index is 13.6. The Balaban J connectivity index is 0.00000180. The number of benzene rings is 1. The minimum Gasteiger partial charge on any atom is -0.334 e. The van der Waals surface area contributed by atoms with Gasteiger partial charge in [0.15, 0.2) is 5.82 Å². The highest BCUT2D eigenvalue weighted by molar-refractivity contribution is 6.30. The molecule has 0 aliphatic carbocycles. The summed E-state index contributed by atoms with van der Waals surface area (Å²) < 4.78 is 18.7. The average molecular weight is 306 g/mol. The number of aromatic nitrogens is 2. The zero-order chi connectivity index (χ0) is 13.1. The molecule has 1 unspecified atom stereocenters. The first-order chi connectivity index (χ1) is 8.60. The smallest absolute Gasteiger partial charge is 0.260 e. The third-order valence-electron chi connectivity index (χ3n) is 2.61. The van der Waals surface area contributed by atoms with Crippen LogP contribution < -0.4 is 5.32 Å². The Hall–Kier alpha value is -1.17. The van der Waals surface area contributed by atoms with Crippen LogP contribution in [0.1, 0.15) is 12.7 Å². The molecule has 104 valence electrons. The summed E-state index contributed by atoms with van der Waals surface area (Å²) in [5.41, 5.74) is 0.260. The van der Waals surface area contributed by atoms with Crippen LogP contribution in [-0.4, -0.2) is 23.2 Å². The molecular formula is C12H14Cl2FN3O. The number of nitrogens with one attached hydrogen (secondary N) is 1. The van der Waals surface area contributed by atoms with Gasteiger partial charge >= 0.3 is 0 Å². The van der Waals surface area contributed by atoms with Crippen LogP contribution in [0.2, 0.25) is 5.02 Å². The van der Waals surface area contributed by atoms with Crippen molar-refractivity contribution in [2.45, 2.75) is 19.4 Å². The van der Waals surface area contributed by atoms with Crippen molar-refractivity contribution >= 4 is 24.0 Å². The van der Waals surface area contributed by atoms with Crippen LogP contribution in [0, 0.1) is 5.82 Å². The van der Waals surface area contributed by atoms with Gasteiger partial charge in [0.2, 0.25) is 0 Å². The Kier molecular flexibility index (Phi) is 5.72. The van der Waals surface area contributed by atoms with Gasteiger partial charge in [-0.2, -0.15) is 4.98 Å². The number of nitrogens with zero attached hydrogens (tertiary/aromatic N) is 2. The van der Waals surface area contributed by atoms with Gasteiger partial charge in [0, 0.05) is 17.5 Å². The second-order valence-electron chi connectivity index (χ2n) is 4.03. The van der Waals surface area contributed by atoms with Crippen LogP contribution in [0.3, 0.4) is 0 Å². The molecule has 4 nitrogen and oxygen atoms in total. The summed E-state index contributed by atoms with van der Waals surface area (Å²) in [6.07, 6.45) is 0.620. The lowest BCUT2D eigenvalue weighted by Crippen LogP contribution is -2.24. The van der Waals surface area contributed by atoms with E-state index >= 15 is 0 Å². The second-order valence-corrected chi connectivity index (χ2v) is 4.47. The molecule has 2 rings (SSSR count). The van der Waals surface area contributed by atoms with Crippen molar-refractivity contribution in [1.29, 1.82) is 0 Å². The van der Waals surface area contributed by atoms with Crippen LogP contribution >= 0.6 is 24.0 Å². The average Bonchev–Trinajstić information content (AvgIpc) is 2.77. The lowest BCUT2D eigenvalue weighted by molar-refractivity contribution is 0.416. The summed E-state index contributed by atoms with van der Waals surface area (Å²) in [5, 5.41) is 7.22. The van der Waals surface area contributed by atoms with Crippen molar-refractivity contribution in [2.24, 2.45) is 0 Å². The largest absolute Gasteiger partial charge is 0.334 e. The Morgan fingerprint density at radius 3 is 2.84 bits per heavy atom. The van der Waals surface area contributed by atoms with Gasteiger partial charge in [0.25, 0.3) is 5.89 Å². The zero-order valence-corrected chi connectivity index (χ0v) is 12.1. The van der Waals surface area contributed by atoms with Crippen LogP contribution in [-0.2, 0) is 6.42 Å². The lowest BCUT2D eigenvalue weighted by atomic mass is 10.2. The van der Waals surface area contributed by atoms with E-state index in [-0.39, 0.29) is 29.9 Å². The van der Waals surface area contributed by atoms with Crippen molar-refractivity contribution < 1.29 is 8.91 Å². The molecule has 0 saturated carbocycles. The van der Waals surface area contributed by atoms with Gasteiger partial charge in [0.1, 0.15) is 5.82 Å². The monoisotopic (exact) mass is 305 g/mol. The van der Waals surface area contributed by atoms with E-state index in [1.165, 1.54) is 12.1 Å². The van der Waals surface area contributed by atoms with Crippen molar-refractivity contribution in [2.75, 3.05) is 7.05 Å². The molecule has 0 bridgehead atoms. The van der Waals surface area contributed by atoms with Gasteiger partial charge in [-0.3, -0.25) is 0 Å². The SMILES string of the molecule is CNC(C)Cc1noc(-c2ccc(Cl)cc2F)n1.Cl. The molecular weight excluding hydrogens is 292 g/mol. The van der Waals surface area contributed by atoms with E-state index < -0.39 is 5.82 Å². The van der Waals surface area contributed by atoms with Crippen molar-refractivity contribution in [3.8, 4) is 11.5 Å². The Morgan fingerprint density at radius 2 is 2.21 bits per heavy atom. The number of likely N-dealkylation sites (N-methyl/N-ethyl adjacent to an activating group) is 1. The quantitative estimate of drug-likeness (QED) is 0.943. The molecule has 0 radical (unpaired) electrons. The summed E-state index contributed by atoms with van der Waals surface area (Å²) in [6.45, 7) is 2.00. The minimum absolute atomic E-state index is 0. The fraction of sp³-hybridized carbons (Fsp3) is 0.333. The number of rotatable bonds is 4. The fourth-order valence-electron chi connectivity index (χ4n) is 1.49. The fourth-order valence-corrected chi connectivity index (χ4v) is 1.64. The minimum atomic E-state index is -0.473. The van der Waals surface area contributed by atoms with Crippen LogP contribution in [0.5, 0.6) is 0 Å². The molecule has 0 fully saturated rings. The maximum atomic E-state index is 13.6. The molecule has 0 saturated heterocycles. The topological polar surface area (TPSA) is 51.0 Å². The Bertz CT molecular complexity index is 548. The van der Waals surface area contributed by atoms with E-state index in [2.05, 4.69) is 15.5 Å². The van der Waals surface area contributed by atoms with E-state index in [9.17, 15) is 4.39 Å². The standard InChI is InChI=1S/C12H13ClFN3O.ClH/c1-7(15-2)5-11-16-12(18-17-11)9-4-3-8(13)6-10(9)14;/h3-4,6-7,15H,5H2,1-2H3;1H. The molecule has 2 aromatic rings. The van der Waals surface area contributed by atoms with Gasteiger partial charge in [-0.1, -0.05) is 16.8 Å². The van der Waals surface area contributed by atoms with Crippen molar-refractivity contribution in [3.05, 3.63) is 34.9 Å². The summed E-state index contributed by atoms with van der Waals surface area (Å²) in [6, 6.07) is 4.55. The summed E-state index contributed by atoms with van der Waals surface area (Å²) >= 11 is 5.68. The highest BCUT2D eigenvalue weighted by Gasteiger charge is 2.14. The van der Waals surface area contributed by atoms with E-state index in [0.717, 1.165) is 0 Å². The van der Waals surface area contributed by atoms with Gasteiger partial charge in [0.05, 0.1) is 5.56 Å². The van der Waals surface area contributed by atoms with E-state index in [1.54, 1.807) is 6.07 Å². The number of halogens is 3. The second kappa shape index (κ2) is 6.84.